The number of carbonyl (C=O) groups excluding carboxylic acids is 1. The van der Waals surface area contributed by atoms with Crippen molar-refractivity contribution < 1.29 is 14.7 Å². The van der Waals surface area contributed by atoms with Gasteiger partial charge in [-0.1, -0.05) is 18.2 Å². The Morgan fingerprint density at radius 2 is 1.54 bits per heavy atom. The zero-order valence-electron chi connectivity index (χ0n) is 13.6. The van der Waals surface area contributed by atoms with Crippen molar-refractivity contribution in [2.45, 2.75) is 13.8 Å². The van der Waals surface area contributed by atoms with Crippen LogP contribution in [0.1, 0.15) is 34.6 Å². The lowest BCUT2D eigenvalue weighted by atomic mass is 10.1. The summed E-state index contributed by atoms with van der Waals surface area (Å²) >= 11 is 0. The number of rotatable bonds is 6. The second kappa shape index (κ2) is 8.01. The summed E-state index contributed by atoms with van der Waals surface area (Å²) in [7, 11) is 0. The van der Waals surface area contributed by atoms with Crippen molar-refractivity contribution in [1.29, 1.82) is 0 Å². The number of carbonyl (C=O) groups is 2. The fraction of sp³-hybridized carbons (Fsp3) is 0.222. The van der Waals surface area contributed by atoms with Crippen LogP contribution in [0.4, 0.5) is 11.4 Å². The van der Waals surface area contributed by atoms with Crippen molar-refractivity contribution in [3.8, 4) is 0 Å². The molecule has 6 nitrogen and oxygen atoms in total. The van der Waals surface area contributed by atoms with Gasteiger partial charge in [-0.3, -0.25) is 4.79 Å². The molecule has 2 aromatic carbocycles. The normalized spacial score (nSPS) is 10.8. The first kappa shape index (κ1) is 17.3. The maximum absolute atomic E-state index is 12.5. The van der Waals surface area contributed by atoms with Gasteiger partial charge < -0.3 is 10.0 Å². The summed E-state index contributed by atoms with van der Waals surface area (Å²) in [6, 6.07) is 13.6. The molecule has 1 N–H and O–H groups in total. The monoisotopic (exact) mass is 325 g/mol. The number of amides is 1. The van der Waals surface area contributed by atoms with Crippen molar-refractivity contribution in [3.05, 3.63) is 59.7 Å². The Bertz CT molecular complexity index is 753. The van der Waals surface area contributed by atoms with Gasteiger partial charge in [0.1, 0.15) is 0 Å². The van der Waals surface area contributed by atoms with Gasteiger partial charge in [-0.25, -0.2) is 4.79 Å². The first-order valence-electron chi connectivity index (χ1n) is 7.70. The lowest BCUT2D eigenvalue weighted by Gasteiger charge is -2.19. The highest BCUT2D eigenvalue weighted by molar-refractivity contribution is 6.05. The minimum Gasteiger partial charge on any atom is -0.478 e. The van der Waals surface area contributed by atoms with Gasteiger partial charge in [0.05, 0.1) is 22.5 Å². The van der Waals surface area contributed by atoms with Crippen LogP contribution in [0.25, 0.3) is 0 Å². The summed E-state index contributed by atoms with van der Waals surface area (Å²) in [5.74, 6) is -1.47. The molecule has 0 aromatic heterocycles. The molecule has 0 heterocycles. The molecule has 0 aliphatic rings. The molecule has 0 aliphatic carbocycles. The van der Waals surface area contributed by atoms with Crippen molar-refractivity contribution in [3.63, 3.8) is 0 Å². The molecule has 6 heteroatoms. The predicted molar refractivity (Wildman–Crippen MR) is 91.3 cm³/mol. The molecule has 0 bridgehead atoms. The van der Waals surface area contributed by atoms with E-state index in [0.29, 0.717) is 24.5 Å². The maximum atomic E-state index is 12.5. The van der Waals surface area contributed by atoms with Crippen molar-refractivity contribution in [2.24, 2.45) is 10.2 Å². The SMILES string of the molecule is CCN(CC)C(=O)c1cc(N=Nc2ccccc2)ccc1C(=O)O. The van der Waals surface area contributed by atoms with Crippen LogP contribution in [0.2, 0.25) is 0 Å². The fourth-order valence-electron chi connectivity index (χ4n) is 2.25. The van der Waals surface area contributed by atoms with Gasteiger partial charge in [-0.05, 0) is 44.2 Å². The Morgan fingerprint density at radius 1 is 0.917 bits per heavy atom. The lowest BCUT2D eigenvalue weighted by Crippen LogP contribution is -2.31. The molecule has 124 valence electrons. The van der Waals surface area contributed by atoms with E-state index in [1.54, 1.807) is 17.0 Å². The average Bonchev–Trinajstić information content (AvgIpc) is 2.61. The quantitative estimate of drug-likeness (QED) is 0.805. The van der Waals surface area contributed by atoms with Crippen LogP contribution >= 0.6 is 0 Å². The van der Waals surface area contributed by atoms with Crippen molar-refractivity contribution >= 4 is 23.3 Å². The minimum absolute atomic E-state index is 0.0365. The summed E-state index contributed by atoms with van der Waals surface area (Å²) in [5, 5.41) is 17.5. The molecule has 0 saturated carbocycles. The number of carboxylic acid groups (broad SMARTS) is 1. The smallest absolute Gasteiger partial charge is 0.336 e. The molecular formula is C18H19N3O3. The van der Waals surface area contributed by atoms with E-state index >= 15 is 0 Å². The van der Waals surface area contributed by atoms with Gasteiger partial charge in [0.15, 0.2) is 0 Å². The van der Waals surface area contributed by atoms with Gasteiger partial charge >= 0.3 is 5.97 Å². The lowest BCUT2D eigenvalue weighted by molar-refractivity contribution is 0.0678. The summed E-state index contributed by atoms with van der Waals surface area (Å²) in [4.78, 5) is 25.5. The predicted octanol–water partition coefficient (Wildman–Crippen LogP) is 4.28. The van der Waals surface area contributed by atoms with E-state index in [9.17, 15) is 14.7 Å². The second-order valence-electron chi connectivity index (χ2n) is 5.05. The second-order valence-corrected chi connectivity index (χ2v) is 5.05. The molecule has 0 spiro atoms. The van der Waals surface area contributed by atoms with Crippen LogP contribution in [0.3, 0.4) is 0 Å². The first-order valence-corrected chi connectivity index (χ1v) is 7.70. The Kier molecular flexibility index (Phi) is 5.78. The molecule has 1 amide bonds. The number of benzene rings is 2. The van der Waals surface area contributed by atoms with Crippen LogP contribution in [0.5, 0.6) is 0 Å². The van der Waals surface area contributed by atoms with E-state index in [-0.39, 0.29) is 17.0 Å². The number of nitrogens with zero attached hydrogens (tertiary/aromatic N) is 3. The molecule has 0 radical (unpaired) electrons. The van der Waals surface area contributed by atoms with E-state index in [1.165, 1.54) is 18.2 Å². The molecule has 0 atom stereocenters. The molecule has 0 fully saturated rings. The highest BCUT2D eigenvalue weighted by Crippen LogP contribution is 2.23. The van der Waals surface area contributed by atoms with Gasteiger partial charge in [0.25, 0.3) is 5.91 Å². The van der Waals surface area contributed by atoms with Crippen molar-refractivity contribution in [1.82, 2.24) is 4.90 Å². The summed E-state index contributed by atoms with van der Waals surface area (Å²) in [6.45, 7) is 4.70. The molecule has 24 heavy (non-hydrogen) atoms. The third-order valence-electron chi connectivity index (χ3n) is 3.55. The highest BCUT2D eigenvalue weighted by atomic mass is 16.4. The molecule has 0 aliphatic heterocycles. The van der Waals surface area contributed by atoms with E-state index in [1.807, 2.05) is 32.0 Å². The zero-order valence-corrected chi connectivity index (χ0v) is 13.6. The molecule has 2 rings (SSSR count). The number of hydrogen-bond acceptors (Lipinski definition) is 4. The molecule has 0 unspecified atom stereocenters. The largest absolute Gasteiger partial charge is 0.478 e. The minimum atomic E-state index is -1.14. The Labute approximate surface area is 140 Å². The number of aromatic carboxylic acids is 1. The number of carboxylic acids is 1. The van der Waals surface area contributed by atoms with Crippen LogP contribution in [0, 0.1) is 0 Å². The van der Waals surface area contributed by atoms with Gasteiger partial charge in [-0.2, -0.15) is 10.2 Å². The average molecular weight is 325 g/mol. The Balaban J connectivity index is 2.39. The van der Waals surface area contributed by atoms with E-state index in [2.05, 4.69) is 10.2 Å². The first-order chi connectivity index (χ1) is 11.6. The summed E-state index contributed by atoms with van der Waals surface area (Å²) < 4.78 is 0. The van der Waals surface area contributed by atoms with E-state index < -0.39 is 5.97 Å². The third-order valence-corrected chi connectivity index (χ3v) is 3.55. The molecule has 2 aromatic rings. The van der Waals surface area contributed by atoms with E-state index in [0.717, 1.165) is 0 Å². The fourth-order valence-corrected chi connectivity index (χ4v) is 2.25. The summed E-state index contributed by atoms with van der Waals surface area (Å²) in [6.07, 6.45) is 0. The van der Waals surface area contributed by atoms with Crippen LogP contribution < -0.4 is 0 Å². The molecular weight excluding hydrogens is 306 g/mol. The zero-order chi connectivity index (χ0) is 17.5. The third kappa shape index (κ3) is 4.04. The maximum Gasteiger partial charge on any atom is 0.336 e. The molecule has 0 saturated heterocycles. The Hall–Kier alpha value is -3.02. The Morgan fingerprint density at radius 3 is 2.12 bits per heavy atom. The standard InChI is InChI=1S/C18H19N3O3/c1-3-21(4-2)17(22)16-12-14(10-11-15(16)18(23)24)20-19-13-8-6-5-7-9-13/h5-12H,3-4H2,1-2H3,(H,23,24). The van der Waals surface area contributed by atoms with Gasteiger partial charge in [-0.15, -0.1) is 0 Å². The number of azo groups is 1. The van der Waals surface area contributed by atoms with Crippen LogP contribution in [-0.4, -0.2) is 35.0 Å². The van der Waals surface area contributed by atoms with Crippen LogP contribution in [0.15, 0.2) is 58.8 Å². The number of hydrogen-bond donors (Lipinski definition) is 1. The van der Waals surface area contributed by atoms with E-state index in [4.69, 9.17) is 0 Å². The summed E-state index contributed by atoms with van der Waals surface area (Å²) in [5.41, 5.74) is 1.19. The highest BCUT2D eigenvalue weighted by Gasteiger charge is 2.20. The van der Waals surface area contributed by atoms with Gasteiger partial charge in [0.2, 0.25) is 0 Å². The van der Waals surface area contributed by atoms with Gasteiger partial charge in [0, 0.05) is 13.1 Å². The van der Waals surface area contributed by atoms with Crippen LogP contribution in [-0.2, 0) is 0 Å². The van der Waals surface area contributed by atoms with Crippen molar-refractivity contribution in [2.75, 3.05) is 13.1 Å². The topological polar surface area (TPSA) is 82.3 Å².